The summed E-state index contributed by atoms with van der Waals surface area (Å²) in [5.41, 5.74) is 1.11. The quantitative estimate of drug-likeness (QED) is 0.550. The summed E-state index contributed by atoms with van der Waals surface area (Å²) < 4.78 is 5.42. The van der Waals surface area contributed by atoms with Gasteiger partial charge in [0.15, 0.2) is 0 Å². The predicted molar refractivity (Wildman–Crippen MR) is 54.6 cm³/mol. The van der Waals surface area contributed by atoms with E-state index < -0.39 is 0 Å². The zero-order valence-electron chi connectivity index (χ0n) is 6.58. The lowest BCUT2D eigenvalue weighted by Gasteiger charge is -2.13. The Morgan fingerprint density at radius 3 is 2.92 bits per heavy atom. The van der Waals surface area contributed by atoms with Crippen LogP contribution >= 0.6 is 9.24 Å². The molecule has 12 heavy (non-hydrogen) atoms. The summed E-state index contributed by atoms with van der Waals surface area (Å²) in [7, 11) is 2.64. The summed E-state index contributed by atoms with van der Waals surface area (Å²) in [6.45, 7) is 3.73. The maximum absolute atomic E-state index is 5.42. The number of hydrogen-bond acceptors (Lipinski definition) is 1. The van der Waals surface area contributed by atoms with Crippen LogP contribution in [0.2, 0.25) is 0 Å². The largest absolute Gasteiger partial charge is 0.457 e. The van der Waals surface area contributed by atoms with Crippen LogP contribution in [0.3, 0.4) is 0 Å². The Hall–Kier alpha value is -1.07. The van der Waals surface area contributed by atoms with Crippen LogP contribution in [0.4, 0.5) is 0 Å². The second-order valence-electron chi connectivity index (χ2n) is 2.70. The molecule has 1 unspecified atom stereocenters. The zero-order chi connectivity index (χ0) is 8.55. The van der Waals surface area contributed by atoms with Crippen molar-refractivity contribution in [1.29, 1.82) is 0 Å². The smallest absolute Gasteiger partial charge is 0.135 e. The molecule has 0 radical (unpaired) electrons. The van der Waals surface area contributed by atoms with Crippen molar-refractivity contribution in [3.8, 4) is 5.75 Å². The third-order valence-corrected chi connectivity index (χ3v) is 2.09. The first kappa shape index (κ1) is 7.57. The third-order valence-electron chi connectivity index (χ3n) is 1.73. The van der Waals surface area contributed by atoms with Crippen LogP contribution in [0.15, 0.2) is 36.6 Å². The van der Waals surface area contributed by atoms with Crippen molar-refractivity contribution in [2.75, 3.05) is 0 Å². The van der Waals surface area contributed by atoms with Crippen LogP contribution in [-0.4, -0.2) is 0 Å². The van der Waals surface area contributed by atoms with E-state index in [9.17, 15) is 0 Å². The first-order chi connectivity index (χ1) is 5.75. The van der Waals surface area contributed by atoms with E-state index in [-0.39, 0.29) is 0 Å². The van der Waals surface area contributed by atoms with Crippen molar-refractivity contribution in [2.24, 2.45) is 0 Å². The molecule has 1 aliphatic heterocycles. The van der Waals surface area contributed by atoms with Crippen LogP contribution in [0.5, 0.6) is 5.75 Å². The molecule has 2 rings (SSSR count). The second kappa shape index (κ2) is 2.76. The highest BCUT2D eigenvalue weighted by atomic mass is 31.0. The normalized spacial score (nSPS) is 13.9. The van der Waals surface area contributed by atoms with Gasteiger partial charge in [0, 0.05) is 5.56 Å². The van der Waals surface area contributed by atoms with Gasteiger partial charge in [-0.15, -0.1) is 9.24 Å². The summed E-state index contributed by atoms with van der Waals surface area (Å²) in [6.07, 6.45) is 3.87. The number of rotatable bonds is 0. The van der Waals surface area contributed by atoms with Gasteiger partial charge in [-0.2, -0.15) is 0 Å². The SMILES string of the molecule is C=C1C=Cc2ccc(P)cc2O1. The van der Waals surface area contributed by atoms with Crippen LogP contribution in [0, 0.1) is 0 Å². The topological polar surface area (TPSA) is 9.23 Å². The minimum Gasteiger partial charge on any atom is -0.457 e. The number of fused-ring (bicyclic) bond motifs is 1. The van der Waals surface area contributed by atoms with Gasteiger partial charge < -0.3 is 4.74 Å². The van der Waals surface area contributed by atoms with Crippen molar-refractivity contribution in [3.63, 3.8) is 0 Å². The van der Waals surface area contributed by atoms with Gasteiger partial charge in [0.05, 0.1) is 0 Å². The summed E-state index contributed by atoms with van der Waals surface area (Å²) in [4.78, 5) is 0. The van der Waals surface area contributed by atoms with Crippen LogP contribution < -0.4 is 10.0 Å². The van der Waals surface area contributed by atoms with Crippen molar-refractivity contribution < 1.29 is 4.74 Å². The lowest BCUT2D eigenvalue weighted by atomic mass is 10.1. The monoisotopic (exact) mass is 176 g/mol. The molecule has 2 heteroatoms. The molecule has 1 aromatic carbocycles. The van der Waals surface area contributed by atoms with E-state index in [0.717, 1.165) is 16.6 Å². The van der Waals surface area contributed by atoms with Crippen molar-refractivity contribution in [2.45, 2.75) is 0 Å². The Morgan fingerprint density at radius 2 is 2.08 bits per heavy atom. The minimum absolute atomic E-state index is 0.693. The molecule has 0 aliphatic carbocycles. The molecule has 1 nitrogen and oxygen atoms in total. The zero-order valence-corrected chi connectivity index (χ0v) is 7.73. The van der Waals surface area contributed by atoms with Gasteiger partial charge in [-0.1, -0.05) is 18.7 Å². The molecule has 1 aromatic rings. The van der Waals surface area contributed by atoms with E-state index >= 15 is 0 Å². The summed E-state index contributed by atoms with van der Waals surface area (Å²) in [5, 5.41) is 1.12. The lowest BCUT2D eigenvalue weighted by Crippen LogP contribution is -2.00. The predicted octanol–water partition coefficient (Wildman–Crippen LogP) is 2.11. The van der Waals surface area contributed by atoms with Gasteiger partial charge in [0.2, 0.25) is 0 Å². The van der Waals surface area contributed by atoms with Gasteiger partial charge in [-0.3, -0.25) is 0 Å². The third kappa shape index (κ3) is 1.28. The first-order valence-corrected chi connectivity index (χ1v) is 4.28. The number of benzene rings is 1. The van der Waals surface area contributed by atoms with E-state index in [2.05, 4.69) is 15.8 Å². The Balaban J connectivity index is 2.54. The molecule has 0 N–H and O–H groups in total. The Kier molecular flexibility index (Phi) is 1.74. The molecule has 0 amide bonds. The molecule has 60 valence electrons. The molecular weight excluding hydrogens is 167 g/mol. The molecular formula is C10H9OP. The van der Waals surface area contributed by atoms with Gasteiger partial charge in [-0.25, -0.2) is 0 Å². The number of allylic oxidation sites excluding steroid dienone is 1. The van der Waals surface area contributed by atoms with Crippen LogP contribution in [0.25, 0.3) is 6.08 Å². The standard InChI is InChI=1S/C10H9OP/c1-7-2-3-8-4-5-9(12)6-10(8)11-7/h2-6H,1,12H2. The van der Waals surface area contributed by atoms with Crippen LogP contribution in [0.1, 0.15) is 5.56 Å². The number of hydrogen-bond donors (Lipinski definition) is 0. The highest BCUT2D eigenvalue weighted by Gasteiger charge is 2.06. The minimum atomic E-state index is 0.693. The molecule has 1 heterocycles. The maximum Gasteiger partial charge on any atom is 0.135 e. The molecule has 0 aromatic heterocycles. The van der Waals surface area contributed by atoms with Gasteiger partial charge in [0.1, 0.15) is 11.5 Å². The molecule has 0 saturated heterocycles. The second-order valence-corrected chi connectivity index (χ2v) is 3.37. The Morgan fingerprint density at radius 1 is 1.25 bits per heavy atom. The fourth-order valence-electron chi connectivity index (χ4n) is 1.14. The van der Waals surface area contributed by atoms with Gasteiger partial charge in [0.25, 0.3) is 0 Å². The molecule has 0 saturated carbocycles. The van der Waals surface area contributed by atoms with Crippen LogP contribution in [-0.2, 0) is 0 Å². The van der Waals surface area contributed by atoms with Gasteiger partial charge in [-0.05, 0) is 23.5 Å². The highest BCUT2D eigenvalue weighted by molar-refractivity contribution is 7.27. The lowest BCUT2D eigenvalue weighted by molar-refractivity contribution is 0.443. The average molecular weight is 176 g/mol. The summed E-state index contributed by atoms with van der Waals surface area (Å²) in [5.74, 6) is 1.58. The summed E-state index contributed by atoms with van der Waals surface area (Å²) >= 11 is 0. The number of ether oxygens (including phenoxy) is 1. The van der Waals surface area contributed by atoms with Gasteiger partial charge >= 0.3 is 0 Å². The molecule has 0 fully saturated rings. The van der Waals surface area contributed by atoms with E-state index in [4.69, 9.17) is 4.74 Å². The maximum atomic E-state index is 5.42. The molecule has 1 atom stereocenters. The highest BCUT2D eigenvalue weighted by Crippen LogP contribution is 2.25. The Labute approximate surface area is 73.9 Å². The van der Waals surface area contributed by atoms with Crippen molar-refractivity contribution in [3.05, 3.63) is 42.2 Å². The molecule has 0 bridgehead atoms. The molecule has 1 aliphatic rings. The van der Waals surface area contributed by atoms with E-state index in [1.807, 2.05) is 30.4 Å². The fraction of sp³-hybridized carbons (Fsp3) is 0. The Bertz CT molecular complexity index is 366. The fourth-order valence-corrected chi connectivity index (χ4v) is 1.38. The van der Waals surface area contributed by atoms with E-state index in [1.165, 1.54) is 0 Å². The van der Waals surface area contributed by atoms with Crippen molar-refractivity contribution in [1.82, 2.24) is 0 Å². The van der Waals surface area contributed by atoms with Crippen molar-refractivity contribution >= 4 is 20.6 Å². The molecule has 0 spiro atoms. The van der Waals surface area contributed by atoms with E-state index in [1.54, 1.807) is 0 Å². The summed E-state index contributed by atoms with van der Waals surface area (Å²) in [6, 6.07) is 6.04. The average Bonchev–Trinajstić information content (AvgIpc) is 2.03. The first-order valence-electron chi connectivity index (χ1n) is 3.70. The van der Waals surface area contributed by atoms with E-state index in [0.29, 0.717) is 5.76 Å².